The molecule has 0 saturated heterocycles. The molecule has 31 heavy (non-hydrogen) atoms. The summed E-state index contributed by atoms with van der Waals surface area (Å²) in [7, 11) is 1.58. The second-order valence-corrected chi connectivity index (χ2v) is 7.73. The molecule has 0 saturated carbocycles. The molecule has 0 spiro atoms. The van der Waals surface area contributed by atoms with Crippen LogP contribution in [0.1, 0.15) is 22.4 Å². The zero-order valence-corrected chi connectivity index (χ0v) is 18.6. The van der Waals surface area contributed by atoms with Gasteiger partial charge < -0.3 is 10.2 Å². The van der Waals surface area contributed by atoms with Crippen molar-refractivity contribution in [1.82, 2.24) is 14.7 Å². The average molecular weight is 437 g/mol. The summed E-state index contributed by atoms with van der Waals surface area (Å²) in [5, 5.41) is 7.72. The maximum absolute atomic E-state index is 12.5. The van der Waals surface area contributed by atoms with Crippen LogP contribution in [0.2, 0.25) is 5.15 Å². The van der Waals surface area contributed by atoms with Crippen LogP contribution in [0.4, 0.5) is 5.69 Å². The first-order valence-electron chi connectivity index (χ1n) is 9.90. The summed E-state index contributed by atoms with van der Waals surface area (Å²) in [5.74, 6) is -0.566. The van der Waals surface area contributed by atoms with Crippen LogP contribution in [-0.2, 0) is 16.1 Å². The minimum absolute atomic E-state index is 0.0585. The van der Waals surface area contributed by atoms with Crippen LogP contribution in [-0.4, -0.2) is 40.1 Å². The Hall–Kier alpha value is -3.38. The first kappa shape index (κ1) is 22.3. The number of anilines is 1. The number of aromatic nitrogens is 2. The Morgan fingerprint density at radius 1 is 1.10 bits per heavy atom. The van der Waals surface area contributed by atoms with Gasteiger partial charge in [-0.1, -0.05) is 59.6 Å². The van der Waals surface area contributed by atoms with E-state index in [0.29, 0.717) is 22.9 Å². The van der Waals surface area contributed by atoms with E-state index >= 15 is 0 Å². The van der Waals surface area contributed by atoms with Gasteiger partial charge in [0.2, 0.25) is 11.8 Å². The average Bonchev–Trinajstić information content (AvgIpc) is 3.01. The lowest BCUT2D eigenvalue weighted by atomic mass is 10.2. The van der Waals surface area contributed by atoms with Crippen LogP contribution in [0.3, 0.4) is 0 Å². The van der Waals surface area contributed by atoms with Gasteiger partial charge in [-0.25, -0.2) is 4.68 Å². The number of carbonyl (C=O) groups excluding carboxylic acids is 2. The Bertz CT molecular complexity index is 1090. The summed E-state index contributed by atoms with van der Waals surface area (Å²) in [4.78, 5) is 26.0. The van der Waals surface area contributed by atoms with Crippen molar-refractivity contribution in [1.29, 1.82) is 0 Å². The third kappa shape index (κ3) is 6.06. The molecule has 0 aliphatic carbocycles. The zero-order valence-electron chi connectivity index (χ0n) is 17.8. The number of aryl methyl sites for hydroxylation is 2. The second kappa shape index (κ2) is 10.1. The highest BCUT2D eigenvalue weighted by molar-refractivity contribution is 6.31. The first-order valence-corrected chi connectivity index (χ1v) is 10.3. The van der Waals surface area contributed by atoms with Crippen LogP contribution in [0.25, 0.3) is 6.08 Å². The monoisotopic (exact) mass is 436 g/mol. The fourth-order valence-electron chi connectivity index (χ4n) is 3.03. The normalized spacial score (nSPS) is 11.0. The van der Waals surface area contributed by atoms with Crippen molar-refractivity contribution in [2.75, 3.05) is 18.9 Å². The Kier molecular flexibility index (Phi) is 7.26. The maximum atomic E-state index is 12.5. The van der Waals surface area contributed by atoms with Gasteiger partial charge in [0.05, 0.1) is 18.8 Å². The number of nitrogens with one attached hydrogen (secondary N) is 1. The van der Waals surface area contributed by atoms with Gasteiger partial charge in [0, 0.05) is 24.4 Å². The molecule has 160 valence electrons. The van der Waals surface area contributed by atoms with Gasteiger partial charge in [0.1, 0.15) is 5.15 Å². The molecule has 3 aromatic rings. The van der Waals surface area contributed by atoms with Gasteiger partial charge in [-0.05, 0) is 37.6 Å². The predicted molar refractivity (Wildman–Crippen MR) is 124 cm³/mol. The lowest BCUT2D eigenvalue weighted by Crippen LogP contribution is -2.33. The molecule has 0 bridgehead atoms. The van der Waals surface area contributed by atoms with Gasteiger partial charge in [-0.2, -0.15) is 5.10 Å². The molecule has 1 aromatic heterocycles. The fraction of sp³-hybridized carbons (Fsp3) is 0.208. The van der Waals surface area contributed by atoms with Crippen molar-refractivity contribution in [3.63, 3.8) is 0 Å². The summed E-state index contributed by atoms with van der Waals surface area (Å²) < 4.78 is 1.70. The molecule has 0 aliphatic rings. The van der Waals surface area contributed by atoms with Crippen molar-refractivity contribution >= 4 is 35.2 Å². The highest BCUT2D eigenvalue weighted by atomic mass is 35.5. The van der Waals surface area contributed by atoms with Crippen LogP contribution in [0.5, 0.6) is 0 Å². The van der Waals surface area contributed by atoms with Gasteiger partial charge in [0.15, 0.2) is 0 Å². The van der Waals surface area contributed by atoms with E-state index in [2.05, 4.69) is 10.4 Å². The summed E-state index contributed by atoms with van der Waals surface area (Å²) in [6, 6.07) is 17.4. The van der Waals surface area contributed by atoms with E-state index in [-0.39, 0.29) is 18.4 Å². The SMILES string of the molecule is Cc1ccc(NC(=O)CN(C)C(=O)/C=C/c2c(C)nn(Cc3ccccc3)c2Cl)cc1. The minimum atomic E-state index is -0.301. The van der Waals surface area contributed by atoms with E-state index < -0.39 is 0 Å². The molecule has 3 rings (SSSR count). The molecule has 0 unspecified atom stereocenters. The number of carbonyl (C=O) groups is 2. The van der Waals surface area contributed by atoms with E-state index in [0.717, 1.165) is 16.8 Å². The van der Waals surface area contributed by atoms with Gasteiger partial charge in [-0.3, -0.25) is 9.59 Å². The number of hydrogen-bond donors (Lipinski definition) is 1. The van der Waals surface area contributed by atoms with Crippen LogP contribution >= 0.6 is 11.6 Å². The molecule has 0 radical (unpaired) electrons. The van der Waals surface area contributed by atoms with Crippen molar-refractivity contribution in [2.45, 2.75) is 20.4 Å². The van der Waals surface area contributed by atoms with E-state index in [1.54, 1.807) is 17.8 Å². The molecule has 0 aliphatic heterocycles. The van der Waals surface area contributed by atoms with Gasteiger partial charge in [-0.15, -0.1) is 0 Å². The number of halogens is 1. The number of rotatable bonds is 7. The topological polar surface area (TPSA) is 67.2 Å². The van der Waals surface area contributed by atoms with Crippen molar-refractivity contribution in [3.05, 3.63) is 88.2 Å². The van der Waals surface area contributed by atoms with Crippen molar-refractivity contribution < 1.29 is 9.59 Å². The largest absolute Gasteiger partial charge is 0.333 e. The quantitative estimate of drug-likeness (QED) is 0.561. The Morgan fingerprint density at radius 3 is 2.45 bits per heavy atom. The molecule has 1 N–H and O–H groups in total. The summed E-state index contributed by atoms with van der Waals surface area (Å²) >= 11 is 6.49. The third-order valence-corrected chi connectivity index (χ3v) is 5.17. The summed E-state index contributed by atoms with van der Waals surface area (Å²) in [6.45, 7) is 4.30. The molecule has 2 aromatic carbocycles. The summed E-state index contributed by atoms with van der Waals surface area (Å²) in [6.07, 6.45) is 3.05. The number of likely N-dealkylation sites (N-methyl/N-ethyl adjacent to an activating group) is 1. The van der Waals surface area contributed by atoms with E-state index in [9.17, 15) is 9.59 Å². The Labute approximate surface area is 187 Å². The fourth-order valence-corrected chi connectivity index (χ4v) is 3.33. The smallest absolute Gasteiger partial charge is 0.246 e. The molecule has 0 atom stereocenters. The molecular formula is C24H25ClN4O2. The van der Waals surface area contributed by atoms with Gasteiger partial charge in [0.25, 0.3) is 0 Å². The Balaban J connectivity index is 1.61. The van der Waals surface area contributed by atoms with E-state index in [1.165, 1.54) is 11.0 Å². The lowest BCUT2D eigenvalue weighted by molar-refractivity contribution is -0.129. The molecule has 7 heteroatoms. The van der Waals surface area contributed by atoms with Crippen molar-refractivity contribution in [3.8, 4) is 0 Å². The van der Waals surface area contributed by atoms with Crippen LogP contribution in [0.15, 0.2) is 60.7 Å². The molecule has 1 heterocycles. The van der Waals surface area contributed by atoms with Crippen molar-refractivity contribution in [2.24, 2.45) is 0 Å². The number of benzene rings is 2. The molecular weight excluding hydrogens is 412 g/mol. The summed E-state index contributed by atoms with van der Waals surface area (Å²) in [5.41, 5.74) is 4.29. The second-order valence-electron chi connectivity index (χ2n) is 7.37. The van der Waals surface area contributed by atoms with E-state index in [1.807, 2.05) is 68.4 Å². The highest BCUT2D eigenvalue weighted by Crippen LogP contribution is 2.22. The molecule has 2 amide bonds. The number of hydrogen-bond acceptors (Lipinski definition) is 3. The minimum Gasteiger partial charge on any atom is -0.333 e. The lowest BCUT2D eigenvalue weighted by Gasteiger charge is -2.15. The van der Waals surface area contributed by atoms with Gasteiger partial charge >= 0.3 is 0 Å². The molecule has 0 fully saturated rings. The number of amides is 2. The zero-order chi connectivity index (χ0) is 22.4. The first-order chi connectivity index (χ1) is 14.8. The van der Waals surface area contributed by atoms with E-state index in [4.69, 9.17) is 11.6 Å². The van der Waals surface area contributed by atoms with Crippen LogP contribution in [0, 0.1) is 13.8 Å². The standard InChI is InChI=1S/C24H25ClN4O2/c1-17-9-11-20(12-10-17)26-22(30)16-28(3)23(31)14-13-21-18(2)27-29(24(21)25)15-19-7-5-4-6-8-19/h4-14H,15-16H2,1-3H3,(H,26,30)/b14-13+. The Morgan fingerprint density at radius 2 is 1.77 bits per heavy atom. The molecule has 6 nitrogen and oxygen atoms in total. The number of nitrogens with zero attached hydrogens (tertiary/aromatic N) is 3. The highest BCUT2D eigenvalue weighted by Gasteiger charge is 2.14. The maximum Gasteiger partial charge on any atom is 0.246 e. The van der Waals surface area contributed by atoms with Crippen LogP contribution < -0.4 is 5.32 Å². The third-order valence-electron chi connectivity index (χ3n) is 4.77. The predicted octanol–water partition coefficient (Wildman–Crippen LogP) is 4.31.